The number of carbonyl (C=O) groups is 2. The van der Waals surface area contributed by atoms with Gasteiger partial charge in [0.15, 0.2) is 0 Å². The second-order valence-electron chi connectivity index (χ2n) is 5.33. The van der Waals surface area contributed by atoms with Crippen LogP contribution in [0.25, 0.3) is 0 Å². The van der Waals surface area contributed by atoms with E-state index >= 15 is 0 Å². The number of ether oxygens (including phenoxy) is 4. The summed E-state index contributed by atoms with van der Waals surface area (Å²) in [6.45, 7) is 8.38. The summed E-state index contributed by atoms with van der Waals surface area (Å²) in [5, 5.41) is 0. The van der Waals surface area contributed by atoms with Gasteiger partial charge in [-0.3, -0.25) is 0 Å². The van der Waals surface area contributed by atoms with Crippen molar-refractivity contribution >= 4 is 11.9 Å². The van der Waals surface area contributed by atoms with Crippen LogP contribution in [0.3, 0.4) is 0 Å². The highest BCUT2D eigenvalue weighted by Crippen LogP contribution is 2.19. The Labute approximate surface area is 154 Å². The van der Waals surface area contributed by atoms with Crippen LogP contribution in [-0.2, 0) is 19.1 Å². The zero-order chi connectivity index (χ0) is 19.0. The first-order chi connectivity index (χ1) is 12.7. The Morgan fingerprint density at radius 2 is 1.27 bits per heavy atom. The summed E-state index contributed by atoms with van der Waals surface area (Å²) < 4.78 is 21.1. The summed E-state index contributed by atoms with van der Waals surface area (Å²) in [5.41, 5.74) is 0. The lowest BCUT2D eigenvalue weighted by Gasteiger charge is -2.10. The normalized spacial score (nSPS) is 9.85. The molecule has 142 valence electrons. The zero-order valence-corrected chi connectivity index (χ0v) is 15.0. The lowest BCUT2D eigenvalue weighted by atomic mass is 10.2. The van der Waals surface area contributed by atoms with Gasteiger partial charge in [-0.05, 0) is 31.4 Å². The predicted molar refractivity (Wildman–Crippen MR) is 98.2 cm³/mol. The zero-order valence-electron chi connectivity index (χ0n) is 15.0. The molecule has 1 aromatic rings. The summed E-state index contributed by atoms with van der Waals surface area (Å²) in [4.78, 5) is 21.8. The molecule has 6 heteroatoms. The molecule has 26 heavy (non-hydrogen) atoms. The van der Waals surface area contributed by atoms with Crippen LogP contribution >= 0.6 is 0 Å². The van der Waals surface area contributed by atoms with Crippen molar-refractivity contribution in [1.29, 1.82) is 0 Å². The molecule has 0 aliphatic carbocycles. The van der Waals surface area contributed by atoms with Crippen LogP contribution in [0.1, 0.15) is 25.7 Å². The summed E-state index contributed by atoms with van der Waals surface area (Å²) in [6.07, 6.45) is 5.46. The van der Waals surface area contributed by atoms with Gasteiger partial charge < -0.3 is 18.9 Å². The Bertz CT molecular complexity index is 581. The summed E-state index contributed by atoms with van der Waals surface area (Å²) in [6, 6.07) is 7.39. The summed E-state index contributed by atoms with van der Waals surface area (Å²) >= 11 is 0. The lowest BCUT2D eigenvalue weighted by molar-refractivity contribution is -0.138. The van der Waals surface area contributed by atoms with Gasteiger partial charge in [-0.2, -0.15) is 0 Å². The van der Waals surface area contributed by atoms with Gasteiger partial charge in [0.2, 0.25) is 0 Å². The lowest BCUT2D eigenvalue weighted by Crippen LogP contribution is -2.06. The van der Waals surface area contributed by atoms with Crippen molar-refractivity contribution in [1.82, 2.24) is 0 Å². The van der Waals surface area contributed by atoms with E-state index in [0.29, 0.717) is 38.6 Å². The van der Waals surface area contributed by atoms with Gasteiger partial charge in [-0.25, -0.2) is 9.59 Å². The first-order valence-electron chi connectivity index (χ1n) is 8.59. The Morgan fingerprint density at radius 1 is 0.769 bits per heavy atom. The van der Waals surface area contributed by atoms with E-state index in [1.165, 1.54) is 0 Å². The highest BCUT2D eigenvalue weighted by Gasteiger charge is 2.00. The molecule has 0 aromatic heterocycles. The fourth-order valence-electron chi connectivity index (χ4n) is 1.94. The molecule has 1 aromatic carbocycles. The van der Waals surface area contributed by atoms with E-state index in [-0.39, 0.29) is 0 Å². The molecular formula is C20H26O6. The van der Waals surface area contributed by atoms with Gasteiger partial charge in [0, 0.05) is 24.6 Å². The van der Waals surface area contributed by atoms with Crippen molar-refractivity contribution in [2.75, 3.05) is 26.4 Å². The number of rotatable bonds is 14. The number of hydrogen-bond acceptors (Lipinski definition) is 6. The third-order valence-electron chi connectivity index (χ3n) is 3.24. The fourth-order valence-corrected chi connectivity index (χ4v) is 1.94. The molecule has 0 spiro atoms. The predicted octanol–water partition coefficient (Wildman–Crippen LogP) is 3.46. The van der Waals surface area contributed by atoms with Crippen molar-refractivity contribution in [3.05, 3.63) is 49.6 Å². The highest BCUT2D eigenvalue weighted by molar-refractivity contribution is 5.81. The van der Waals surface area contributed by atoms with Crippen LogP contribution in [0.4, 0.5) is 0 Å². The number of hydrogen-bond donors (Lipinski definition) is 0. The van der Waals surface area contributed by atoms with Gasteiger partial charge in [0.05, 0.1) is 26.4 Å². The number of unbranched alkanes of at least 4 members (excludes halogenated alkanes) is 2. The van der Waals surface area contributed by atoms with E-state index < -0.39 is 11.9 Å². The first kappa shape index (κ1) is 21.3. The van der Waals surface area contributed by atoms with E-state index in [9.17, 15) is 9.59 Å². The van der Waals surface area contributed by atoms with E-state index in [2.05, 4.69) is 13.2 Å². The van der Waals surface area contributed by atoms with E-state index in [4.69, 9.17) is 18.9 Å². The second kappa shape index (κ2) is 13.5. The average molecular weight is 362 g/mol. The van der Waals surface area contributed by atoms with E-state index in [1.54, 1.807) is 0 Å². The van der Waals surface area contributed by atoms with Gasteiger partial charge >= 0.3 is 11.9 Å². The topological polar surface area (TPSA) is 71.1 Å². The smallest absolute Gasteiger partial charge is 0.330 e. The maximum atomic E-state index is 10.9. The molecule has 0 amide bonds. The monoisotopic (exact) mass is 362 g/mol. The summed E-state index contributed by atoms with van der Waals surface area (Å²) in [5.74, 6) is 0.615. The number of esters is 2. The molecule has 0 radical (unpaired) electrons. The molecule has 0 unspecified atom stereocenters. The molecule has 0 saturated heterocycles. The van der Waals surface area contributed by atoms with Crippen molar-refractivity contribution in [3.63, 3.8) is 0 Å². The van der Waals surface area contributed by atoms with Crippen molar-refractivity contribution in [2.24, 2.45) is 0 Å². The van der Waals surface area contributed by atoms with E-state index in [1.807, 2.05) is 24.3 Å². The van der Waals surface area contributed by atoms with Gasteiger partial charge in [-0.15, -0.1) is 0 Å². The quantitative estimate of drug-likeness (QED) is 0.287. The Hall–Kier alpha value is -2.76. The molecule has 0 atom stereocenters. The van der Waals surface area contributed by atoms with Crippen LogP contribution in [0.15, 0.2) is 49.6 Å². The molecule has 0 heterocycles. The van der Waals surface area contributed by atoms with Crippen LogP contribution in [0.5, 0.6) is 11.5 Å². The van der Waals surface area contributed by atoms with Crippen LogP contribution in [-0.4, -0.2) is 38.4 Å². The molecule has 0 fully saturated rings. The third kappa shape index (κ3) is 10.2. The van der Waals surface area contributed by atoms with Crippen molar-refractivity contribution in [3.8, 4) is 11.5 Å². The van der Waals surface area contributed by atoms with Crippen LogP contribution in [0.2, 0.25) is 0 Å². The molecule has 6 nitrogen and oxygen atoms in total. The number of benzene rings is 1. The van der Waals surface area contributed by atoms with Crippen LogP contribution in [0, 0.1) is 0 Å². The first-order valence-corrected chi connectivity index (χ1v) is 8.59. The molecule has 0 aliphatic rings. The largest absolute Gasteiger partial charge is 0.493 e. The van der Waals surface area contributed by atoms with E-state index in [0.717, 1.165) is 37.2 Å². The Kier molecular flexibility index (Phi) is 11.1. The molecular weight excluding hydrogens is 336 g/mol. The average Bonchev–Trinajstić information content (AvgIpc) is 2.66. The van der Waals surface area contributed by atoms with Gasteiger partial charge in [0.1, 0.15) is 11.5 Å². The summed E-state index contributed by atoms with van der Waals surface area (Å²) in [7, 11) is 0. The standard InChI is InChI=1S/C20H26O6/c1-3-19(21)25-13-7-5-6-12-23-17-10-8-11-18(16-17)24-14-9-15-26-20(22)4-2/h3-4,8,10-11,16H,1-2,5-7,9,12-15H2. The van der Waals surface area contributed by atoms with Crippen molar-refractivity contribution in [2.45, 2.75) is 25.7 Å². The van der Waals surface area contributed by atoms with Gasteiger partial charge in [-0.1, -0.05) is 19.2 Å². The minimum absolute atomic E-state index is 0.295. The molecule has 0 bridgehead atoms. The SMILES string of the molecule is C=CC(=O)OCCCCCOc1cccc(OCCCOC(=O)C=C)c1. The second-order valence-corrected chi connectivity index (χ2v) is 5.33. The number of carbonyl (C=O) groups excluding carboxylic acids is 2. The Balaban J connectivity index is 2.13. The maximum absolute atomic E-state index is 10.9. The fraction of sp³-hybridized carbons (Fsp3) is 0.400. The van der Waals surface area contributed by atoms with Crippen molar-refractivity contribution < 1.29 is 28.5 Å². The molecule has 0 saturated carbocycles. The van der Waals surface area contributed by atoms with Crippen LogP contribution < -0.4 is 9.47 Å². The molecule has 0 N–H and O–H groups in total. The van der Waals surface area contributed by atoms with Gasteiger partial charge in [0.25, 0.3) is 0 Å². The minimum atomic E-state index is -0.431. The maximum Gasteiger partial charge on any atom is 0.330 e. The highest BCUT2D eigenvalue weighted by atomic mass is 16.5. The molecule has 1 rings (SSSR count). The molecule has 0 aliphatic heterocycles. The third-order valence-corrected chi connectivity index (χ3v) is 3.24. The minimum Gasteiger partial charge on any atom is -0.493 e. The Morgan fingerprint density at radius 3 is 1.85 bits per heavy atom.